The summed E-state index contributed by atoms with van der Waals surface area (Å²) < 4.78 is 2.02. The van der Waals surface area contributed by atoms with Crippen molar-refractivity contribution in [3.05, 3.63) is 94.0 Å². The second-order valence-corrected chi connectivity index (χ2v) is 9.87. The number of aromatic nitrogens is 3. The van der Waals surface area contributed by atoms with Crippen molar-refractivity contribution in [2.75, 3.05) is 5.75 Å². The molecular formula is C26H24Cl2N4OS. The maximum atomic E-state index is 12.6. The molecule has 0 fully saturated rings. The van der Waals surface area contributed by atoms with Crippen molar-refractivity contribution in [3.8, 4) is 17.1 Å². The number of carbonyl (C=O) groups excluding carboxylic acids is 1. The Labute approximate surface area is 213 Å². The van der Waals surface area contributed by atoms with Crippen LogP contribution in [-0.2, 0) is 11.3 Å². The molecule has 0 radical (unpaired) electrons. The minimum atomic E-state index is -0.0929. The summed E-state index contributed by atoms with van der Waals surface area (Å²) in [5.74, 6) is 1.12. The number of nitrogens with zero attached hydrogens (tertiary/aromatic N) is 3. The van der Waals surface area contributed by atoms with E-state index in [1.54, 1.807) is 0 Å². The number of hydrogen-bond donors (Lipinski definition) is 1. The molecule has 0 spiro atoms. The third-order valence-corrected chi connectivity index (χ3v) is 6.66. The van der Waals surface area contributed by atoms with E-state index in [-0.39, 0.29) is 11.7 Å². The van der Waals surface area contributed by atoms with Crippen molar-refractivity contribution in [1.29, 1.82) is 0 Å². The maximum absolute atomic E-state index is 12.6. The summed E-state index contributed by atoms with van der Waals surface area (Å²) in [4.78, 5) is 12.6. The molecule has 0 aliphatic heterocycles. The van der Waals surface area contributed by atoms with Gasteiger partial charge in [0.25, 0.3) is 0 Å². The largest absolute Gasteiger partial charge is 0.351 e. The zero-order valence-corrected chi connectivity index (χ0v) is 21.2. The van der Waals surface area contributed by atoms with E-state index < -0.39 is 0 Å². The standard InChI is InChI=1S/C26H24Cl2N4OS/c1-17(2)22-8-3-4-9-23(22)32-25(19-10-12-20(27)13-11-19)30-31-26(32)34-16-24(33)29-15-18-6-5-7-21(28)14-18/h3-14,17H,15-16H2,1-2H3,(H,29,33). The Balaban J connectivity index is 1.60. The minimum Gasteiger partial charge on any atom is -0.351 e. The minimum absolute atomic E-state index is 0.0929. The van der Waals surface area contributed by atoms with Crippen LogP contribution in [0.1, 0.15) is 30.9 Å². The molecule has 3 aromatic carbocycles. The van der Waals surface area contributed by atoms with E-state index in [1.165, 1.54) is 17.3 Å². The molecule has 5 nitrogen and oxygen atoms in total. The second kappa shape index (κ2) is 11.1. The zero-order valence-electron chi connectivity index (χ0n) is 18.8. The number of carbonyl (C=O) groups is 1. The van der Waals surface area contributed by atoms with Gasteiger partial charge in [-0.15, -0.1) is 10.2 Å². The summed E-state index contributed by atoms with van der Waals surface area (Å²) in [6, 6.07) is 23.2. The number of nitrogens with one attached hydrogen (secondary N) is 1. The van der Waals surface area contributed by atoms with Gasteiger partial charge in [0, 0.05) is 22.2 Å². The van der Waals surface area contributed by atoms with E-state index >= 15 is 0 Å². The third-order valence-electron chi connectivity index (χ3n) is 5.25. The highest BCUT2D eigenvalue weighted by molar-refractivity contribution is 7.99. The Morgan fingerprint density at radius 1 is 0.971 bits per heavy atom. The quantitative estimate of drug-likeness (QED) is 0.265. The Morgan fingerprint density at radius 3 is 2.47 bits per heavy atom. The molecule has 0 bridgehead atoms. The molecule has 0 aliphatic rings. The Bertz CT molecular complexity index is 1290. The summed E-state index contributed by atoms with van der Waals surface area (Å²) in [6.45, 7) is 4.72. The van der Waals surface area contributed by atoms with Gasteiger partial charge in [0.1, 0.15) is 0 Å². The summed E-state index contributed by atoms with van der Waals surface area (Å²) in [5.41, 5.74) is 4.01. The number of hydrogen-bond acceptors (Lipinski definition) is 4. The van der Waals surface area contributed by atoms with Crippen molar-refractivity contribution in [1.82, 2.24) is 20.1 Å². The van der Waals surface area contributed by atoms with Crippen molar-refractivity contribution in [2.45, 2.75) is 31.5 Å². The lowest BCUT2D eigenvalue weighted by Crippen LogP contribution is -2.24. The SMILES string of the molecule is CC(C)c1ccccc1-n1c(SCC(=O)NCc2cccc(Cl)c2)nnc1-c1ccc(Cl)cc1. The predicted octanol–water partition coefficient (Wildman–Crippen LogP) is 6.77. The van der Waals surface area contributed by atoms with E-state index in [1.807, 2.05) is 65.2 Å². The van der Waals surface area contributed by atoms with Crippen LogP contribution in [0.3, 0.4) is 0 Å². The van der Waals surface area contributed by atoms with Gasteiger partial charge >= 0.3 is 0 Å². The van der Waals surface area contributed by atoms with Crippen LogP contribution in [0.4, 0.5) is 0 Å². The van der Waals surface area contributed by atoms with Crippen LogP contribution in [-0.4, -0.2) is 26.4 Å². The summed E-state index contributed by atoms with van der Waals surface area (Å²) in [6.07, 6.45) is 0. The highest BCUT2D eigenvalue weighted by Gasteiger charge is 2.20. The first kappa shape index (κ1) is 24.3. The lowest BCUT2D eigenvalue weighted by atomic mass is 10.0. The molecule has 0 saturated carbocycles. The molecule has 1 aromatic heterocycles. The van der Waals surface area contributed by atoms with E-state index in [4.69, 9.17) is 23.2 Å². The smallest absolute Gasteiger partial charge is 0.230 e. The van der Waals surface area contributed by atoms with Crippen molar-refractivity contribution < 1.29 is 4.79 Å². The molecule has 8 heteroatoms. The van der Waals surface area contributed by atoms with Gasteiger partial charge < -0.3 is 5.32 Å². The molecule has 1 N–H and O–H groups in total. The predicted molar refractivity (Wildman–Crippen MR) is 140 cm³/mol. The fraction of sp³-hybridized carbons (Fsp3) is 0.192. The number of benzene rings is 3. The zero-order chi connectivity index (χ0) is 24.1. The third kappa shape index (κ3) is 5.81. The van der Waals surface area contributed by atoms with Gasteiger partial charge in [-0.1, -0.05) is 79.1 Å². The van der Waals surface area contributed by atoms with E-state index in [2.05, 4.69) is 41.5 Å². The fourth-order valence-corrected chi connectivity index (χ4v) is 4.69. The van der Waals surface area contributed by atoms with Gasteiger partial charge in [0.15, 0.2) is 11.0 Å². The molecule has 1 amide bonds. The molecule has 0 unspecified atom stereocenters. The average molecular weight is 511 g/mol. The Hall–Kier alpha value is -2.80. The highest BCUT2D eigenvalue weighted by Crippen LogP contribution is 2.32. The van der Waals surface area contributed by atoms with Crippen molar-refractivity contribution in [3.63, 3.8) is 0 Å². The second-order valence-electron chi connectivity index (χ2n) is 8.06. The van der Waals surface area contributed by atoms with Gasteiger partial charge in [-0.3, -0.25) is 9.36 Å². The molecule has 174 valence electrons. The number of thioether (sulfide) groups is 1. The van der Waals surface area contributed by atoms with Crippen LogP contribution in [0.25, 0.3) is 17.1 Å². The molecule has 0 atom stereocenters. The van der Waals surface area contributed by atoms with Gasteiger partial charge in [-0.25, -0.2) is 0 Å². The Kier molecular flexibility index (Phi) is 7.93. The van der Waals surface area contributed by atoms with Crippen LogP contribution < -0.4 is 5.32 Å². The maximum Gasteiger partial charge on any atom is 0.230 e. The number of rotatable bonds is 8. The van der Waals surface area contributed by atoms with E-state index in [0.29, 0.717) is 33.5 Å². The first-order chi connectivity index (χ1) is 16.4. The lowest BCUT2D eigenvalue weighted by molar-refractivity contribution is -0.118. The summed E-state index contributed by atoms with van der Waals surface area (Å²) >= 11 is 13.5. The molecule has 34 heavy (non-hydrogen) atoms. The van der Waals surface area contributed by atoms with Crippen LogP contribution in [0.5, 0.6) is 0 Å². The Morgan fingerprint density at radius 2 is 1.74 bits per heavy atom. The summed E-state index contributed by atoms with van der Waals surface area (Å²) in [5, 5.41) is 13.8. The number of para-hydroxylation sites is 1. The monoisotopic (exact) mass is 510 g/mol. The van der Waals surface area contributed by atoms with Crippen molar-refractivity contribution in [2.24, 2.45) is 0 Å². The normalized spacial score (nSPS) is 11.1. The fourth-order valence-electron chi connectivity index (χ4n) is 3.57. The number of amides is 1. The first-order valence-corrected chi connectivity index (χ1v) is 12.6. The van der Waals surface area contributed by atoms with E-state index in [0.717, 1.165) is 16.8 Å². The molecule has 4 aromatic rings. The first-order valence-electron chi connectivity index (χ1n) is 10.9. The van der Waals surface area contributed by atoms with Gasteiger partial charge in [-0.05, 0) is 59.5 Å². The molecule has 0 saturated heterocycles. The van der Waals surface area contributed by atoms with E-state index in [9.17, 15) is 4.79 Å². The highest BCUT2D eigenvalue weighted by atomic mass is 35.5. The summed E-state index contributed by atoms with van der Waals surface area (Å²) in [7, 11) is 0. The molecule has 1 heterocycles. The lowest BCUT2D eigenvalue weighted by Gasteiger charge is -2.17. The topological polar surface area (TPSA) is 59.8 Å². The van der Waals surface area contributed by atoms with Gasteiger partial charge in [0.05, 0.1) is 11.4 Å². The van der Waals surface area contributed by atoms with Crippen LogP contribution >= 0.6 is 35.0 Å². The van der Waals surface area contributed by atoms with Gasteiger partial charge in [0.2, 0.25) is 5.91 Å². The van der Waals surface area contributed by atoms with Crippen LogP contribution in [0.15, 0.2) is 78.0 Å². The van der Waals surface area contributed by atoms with Gasteiger partial charge in [-0.2, -0.15) is 0 Å². The van der Waals surface area contributed by atoms with Crippen molar-refractivity contribution >= 4 is 40.9 Å². The number of halogens is 2. The molecule has 0 aliphatic carbocycles. The molecular weight excluding hydrogens is 487 g/mol. The van der Waals surface area contributed by atoms with Crippen LogP contribution in [0.2, 0.25) is 10.0 Å². The van der Waals surface area contributed by atoms with Crippen LogP contribution in [0, 0.1) is 0 Å². The molecule has 4 rings (SSSR count). The average Bonchev–Trinajstić information content (AvgIpc) is 3.25.